The normalized spacial score (nSPS) is 10.5. The number of hydrogen-bond donors (Lipinski definition) is 2. The number of carbonyl (C=O) groups excluding carboxylic acids is 2. The van der Waals surface area contributed by atoms with Gasteiger partial charge in [-0.2, -0.15) is 0 Å². The van der Waals surface area contributed by atoms with Crippen molar-refractivity contribution in [3.8, 4) is 11.5 Å². The first-order valence-corrected chi connectivity index (χ1v) is 13.8. The molecule has 0 radical (unpaired) electrons. The number of non-ortho nitro benzene ring substituents is 2. The molecule has 0 bridgehead atoms. The van der Waals surface area contributed by atoms with E-state index >= 15 is 0 Å². The zero-order valence-electron chi connectivity index (χ0n) is 23.6. The summed E-state index contributed by atoms with van der Waals surface area (Å²) in [5.41, 5.74) is 0.307. The number of carbonyl (C=O) groups is 2. The van der Waals surface area contributed by atoms with Crippen molar-refractivity contribution in [3.05, 3.63) is 92.0 Å². The molecule has 0 aliphatic carbocycles. The van der Waals surface area contributed by atoms with E-state index in [2.05, 4.69) is 24.5 Å². The lowest BCUT2D eigenvalue weighted by molar-refractivity contribution is -0.385. The van der Waals surface area contributed by atoms with Crippen LogP contribution in [0.25, 0.3) is 0 Å². The van der Waals surface area contributed by atoms with E-state index in [0.29, 0.717) is 24.6 Å². The van der Waals surface area contributed by atoms with Gasteiger partial charge in [0, 0.05) is 35.6 Å². The Balaban J connectivity index is 1.73. The van der Waals surface area contributed by atoms with E-state index in [9.17, 15) is 29.8 Å². The maximum Gasteiger partial charge on any atom is 0.270 e. The van der Waals surface area contributed by atoms with Gasteiger partial charge >= 0.3 is 0 Å². The third-order valence-corrected chi connectivity index (χ3v) is 6.25. The van der Waals surface area contributed by atoms with Gasteiger partial charge in [-0.05, 0) is 49.2 Å². The Morgan fingerprint density at radius 2 is 1.02 bits per heavy atom. The van der Waals surface area contributed by atoms with Crippen molar-refractivity contribution in [1.29, 1.82) is 0 Å². The molecule has 42 heavy (non-hydrogen) atoms. The molecule has 0 aliphatic rings. The van der Waals surface area contributed by atoms with Crippen LogP contribution >= 0.6 is 0 Å². The van der Waals surface area contributed by atoms with Crippen molar-refractivity contribution in [2.45, 2.75) is 52.4 Å². The molecule has 2 N–H and O–H groups in total. The van der Waals surface area contributed by atoms with Crippen LogP contribution in [0, 0.1) is 20.2 Å². The van der Waals surface area contributed by atoms with Gasteiger partial charge in [0.1, 0.15) is 11.5 Å². The molecule has 222 valence electrons. The lowest BCUT2D eigenvalue weighted by atomic mass is 10.1. The summed E-state index contributed by atoms with van der Waals surface area (Å²) in [5.74, 6) is -0.713. The molecule has 0 saturated heterocycles. The van der Waals surface area contributed by atoms with Gasteiger partial charge in [-0.25, -0.2) is 0 Å². The Morgan fingerprint density at radius 1 is 0.643 bits per heavy atom. The molecule has 2 amide bonds. The predicted octanol–water partition coefficient (Wildman–Crippen LogP) is 7.15. The average molecular weight is 579 g/mol. The first kappa shape index (κ1) is 31.5. The summed E-state index contributed by atoms with van der Waals surface area (Å²) in [5, 5.41) is 27.9. The number of anilines is 2. The molecular formula is C30H34N4O8. The van der Waals surface area contributed by atoms with Crippen LogP contribution < -0.4 is 20.1 Å². The summed E-state index contributed by atoms with van der Waals surface area (Å²) in [6.45, 7) is 4.85. The molecule has 0 atom stereocenters. The number of nitro benzene ring substituents is 2. The molecule has 12 heteroatoms. The molecule has 0 aromatic heterocycles. The van der Waals surface area contributed by atoms with Crippen molar-refractivity contribution in [2.24, 2.45) is 0 Å². The van der Waals surface area contributed by atoms with Crippen molar-refractivity contribution in [2.75, 3.05) is 23.8 Å². The molecule has 0 spiro atoms. The third kappa shape index (κ3) is 9.01. The second kappa shape index (κ2) is 15.7. The molecule has 0 unspecified atom stereocenters. The number of nitrogens with zero attached hydrogens (tertiary/aromatic N) is 2. The highest BCUT2D eigenvalue weighted by Gasteiger charge is 2.20. The minimum Gasteiger partial charge on any atom is -0.493 e. The highest BCUT2D eigenvalue weighted by molar-refractivity contribution is 6.08. The summed E-state index contributed by atoms with van der Waals surface area (Å²) in [6, 6.07) is 13.9. The maximum absolute atomic E-state index is 13.0. The number of amides is 2. The van der Waals surface area contributed by atoms with Gasteiger partial charge in [-0.1, -0.05) is 39.5 Å². The number of nitro groups is 2. The Morgan fingerprint density at radius 3 is 1.36 bits per heavy atom. The highest BCUT2D eigenvalue weighted by Crippen LogP contribution is 2.28. The summed E-state index contributed by atoms with van der Waals surface area (Å²) in [4.78, 5) is 47.5. The highest BCUT2D eigenvalue weighted by atomic mass is 16.6. The average Bonchev–Trinajstić information content (AvgIpc) is 2.98. The zero-order valence-corrected chi connectivity index (χ0v) is 23.6. The number of ether oxygens (including phenoxy) is 2. The van der Waals surface area contributed by atoms with E-state index in [1.54, 1.807) is 24.3 Å². The third-order valence-electron chi connectivity index (χ3n) is 6.25. The summed E-state index contributed by atoms with van der Waals surface area (Å²) < 4.78 is 11.4. The smallest absolute Gasteiger partial charge is 0.270 e. The summed E-state index contributed by atoms with van der Waals surface area (Å²) >= 11 is 0. The number of nitrogens with one attached hydrogen (secondary N) is 2. The molecule has 0 fully saturated rings. The van der Waals surface area contributed by atoms with Crippen LogP contribution in [0.15, 0.2) is 60.7 Å². The molecule has 3 aromatic rings. The van der Waals surface area contributed by atoms with Crippen LogP contribution in [-0.4, -0.2) is 34.9 Å². The fourth-order valence-corrected chi connectivity index (χ4v) is 3.97. The molecule has 3 rings (SSSR count). The standard InChI is InChI=1S/C30H34N4O8/c1-3-5-7-17-41-27-15-13-23(33(37)38)19-25(27)29(35)31-21-9-11-22(12-10-21)32-30(36)26-20-24(34(39)40)14-16-28(26)42-18-8-6-4-2/h9-16,19-20H,3-8,17-18H2,1-2H3,(H,31,35)(H,32,36). The number of rotatable bonds is 16. The number of hydrogen-bond acceptors (Lipinski definition) is 8. The predicted molar refractivity (Wildman–Crippen MR) is 159 cm³/mol. The lowest BCUT2D eigenvalue weighted by Gasteiger charge is -2.13. The van der Waals surface area contributed by atoms with E-state index < -0.39 is 21.7 Å². The van der Waals surface area contributed by atoms with Crippen molar-refractivity contribution in [1.82, 2.24) is 0 Å². The molecule has 3 aromatic carbocycles. The molecule has 0 aliphatic heterocycles. The van der Waals surface area contributed by atoms with Gasteiger partial charge in [0.15, 0.2) is 0 Å². The fourth-order valence-electron chi connectivity index (χ4n) is 3.97. The largest absolute Gasteiger partial charge is 0.493 e. The van der Waals surface area contributed by atoms with Gasteiger partial charge < -0.3 is 20.1 Å². The first-order chi connectivity index (χ1) is 20.2. The topological polar surface area (TPSA) is 163 Å². The molecule has 12 nitrogen and oxygen atoms in total. The van der Waals surface area contributed by atoms with Crippen LogP contribution in [-0.2, 0) is 0 Å². The minimum atomic E-state index is -0.595. The second-order valence-corrected chi connectivity index (χ2v) is 9.47. The Hall–Kier alpha value is -5.00. The van der Waals surface area contributed by atoms with Gasteiger partial charge in [0.05, 0.1) is 34.2 Å². The molecular weight excluding hydrogens is 544 g/mol. The van der Waals surface area contributed by atoms with Crippen molar-refractivity contribution in [3.63, 3.8) is 0 Å². The monoisotopic (exact) mass is 578 g/mol. The van der Waals surface area contributed by atoms with Gasteiger partial charge in [0.2, 0.25) is 0 Å². The van der Waals surface area contributed by atoms with Crippen LogP contribution in [0.4, 0.5) is 22.7 Å². The van der Waals surface area contributed by atoms with Crippen molar-refractivity contribution < 1.29 is 28.9 Å². The minimum absolute atomic E-state index is 0.0233. The van der Waals surface area contributed by atoms with Crippen LogP contribution in [0.2, 0.25) is 0 Å². The summed E-state index contributed by atoms with van der Waals surface area (Å²) in [7, 11) is 0. The van der Waals surface area contributed by atoms with Gasteiger partial charge in [-0.15, -0.1) is 0 Å². The van der Waals surface area contributed by atoms with Gasteiger partial charge in [0.25, 0.3) is 23.2 Å². The Bertz CT molecular complexity index is 1300. The van der Waals surface area contributed by atoms with Gasteiger partial charge in [-0.3, -0.25) is 29.8 Å². The fraction of sp³-hybridized carbons (Fsp3) is 0.333. The quantitative estimate of drug-likeness (QED) is 0.103. The maximum atomic E-state index is 13.0. The first-order valence-electron chi connectivity index (χ1n) is 13.8. The van der Waals surface area contributed by atoms with Crippen LogP contribution in [0.5, 0.6) is 11.5 Å². The SMILES string of the molecule is CCCCCOc1ccc([N+](=O)[O-])cc1C(=O)Nc1ccc(NC(=O)c2cc([N+](=O)[O-])ccc2OCCCCC)cc1. The zero-order chi connectivity index (χ0) is 30.5. The molecule has 0 saturated carbocycles. The van der Waals surface area contributed by atoms with E-state index in [1.165, 1.54) is 36.4 Å². The van der Waals surface area contributed by atoms with E-state index in [-0.39, 0.29) is 34.0 Å². The van der Waals surface area contributed by atoms with Crippen molar-refractivity contribution >= 4 is 34.6 Å². The van der Waals surface area contributed by atoms with Crippen LogP contribution in [0.3, 0.4) is 0 Å². The number of benzene rings is 3. The van der Waals surface area contributed by atoms with Crippen LogP contribution in [0.1, 0.15) is 73.1 Å². The van der Waals surface area contributed by atoms with E-state index in [0.717, 1.165) is 38.5 Å². The Kier molecular flexibility index (Phi) is 11.8. The summed E-state index contributed by atoms with van der Waals surface area (Å²) in [6.07, 6.45) is 5.45. The number of unbranched alkanes of at least 4 members (excludes halogenated alkanes) is 4. The lowest BCUT2D eigenvalue weighted by Crippen LogP contribution is -2.15. The van der Waals surface area contributed by atoms with E-state index in [1.807, 2.05) is 0 Å². The Labute approximate surface area is 243 Å². The van der Waals surface area contributed by atoms with E-state index in [4.69, 9.17) is 9.47 Å². The molecule has 0 heterocycles. The second-order valence-electron chi connectivity index (χ2n) is 9.47.